The van der Waals surface area contributed by atoms with Crippen LogP contribution in [-0.2, 0) is 6.61 Å². The van der Waals surface area contributed by atoms with E-state index < -0.39 is 5.60 Å². The number of aliphatic imine (C=N–C) groups is 2. The van der Waals surface area contributed by atoms with Crippen LogP contribution in [0.1, 0.15) is 37.3 Å². The average molecular weight is 436 g/mol. The molecule has 1 fully saturated rings. The van der Waals surface area contributed by atoms with E-state index in [4.69, 9.17) is 9.73 Å². The van der Waals surface area contributed by atoms with Gasteiger partial charge in [0.1, 0.15) is 24.3 Å². The van der Waals surface area contributed by atoms with Gasteiger partial charge in [0.2, 0.25) is 5.84 Å². The number of aliphatic hydroxyl groups is 1. The molecule has 2 aromatic rings. The summed E-state index contributed by atoms with van der Waals surface area (Å²) in [6.45, 7) is 2.58. The zero-order chi connectivity index (χ0) is 20.6. The van der Waals surface area contributed by atoms with Crippen molar-refractivity contribution in [2.45, 2.75) is 38.4 Å². The molecule has 1 atom stereocenters. The van der Waals surface area contributed by atoms with Crippen LogP contribution in [-0.4, -0.2) is 22.8 Å². The number of benzene rings is 2. The van der Waals surface area contributed by atoms with E-state index in [1.807, 2.05) is 55.9 Å². The molecule has 1 unspecified atom stereocenters. The zero-order valence-electron chi connectivity index (χ0n) is 17.5. The Bertz CT molecular complexity index is 1070. The number of quaternary nitrogens is 1. The van der Waals surface area contributed by atoms with Gasteiger partial charge in [0.05, 0.1) is 23.6 Å². The Labute approximate surface area is 188 Å². The van der Waals surface area contributed by atoms with E-state index in [1.165, 1.54) is 0 Å². The Morgan fingerprint density at radius 3 is 2.71 bits per heavy atom. The molecule has 0 saturated heterocycles. The summed E-state index contributed by atoms with van der Waals surface area (Å²) in [6, 6.07) is 18.3. The van der Waals surface area contributed by atoms with Crippen molar-refractivity contribution >= 4 is 12.1 Å². The number of rotatable bonds is 6. The quantitative estimate of drug-likeness (QED) is 0.682. The SMILES string of the molecule is CCC1(O)CC(C2=C3C=NC=C[NH+]3C(c3cccc(OCc4ccccc4)c3)=N2)C1.[Cl-]. The smallest absolute Gasteiger partial charge is 0.243 e. The summed E-state index contributed by atoms with van der Waals surface area (Å²) in [7, 11) is 0. The number of halogens is 1. The number of nitrogens with zero attached hydrogens (tertiary/aromatic N) is 2. The average Bonchev–Trinajstić information content (AvgIpc) is 3.16. The third-order valence-electron chi connectivity index (χ3n) is 6.24. The second-order valence-corrected chi connectivity index (χ2v) is 8.25. The molecule has 0 radical (unpaired) electrons. The Kier molecular flexibility index (Phi) is 6.10. The van der Waals surface area contributed by atoms with E-state index in [0.29, 0.717) is 6.61 Å². The van der Waals surface area contributed by atoms with Gasteiger partial charge in [-0.2, -0.15) is 4.99 Å². The number of allylic oxidation sites excluding steroid dienone is 2. The van der Waals surface area contributed by atoms with E-state index in [9.17, 15) is 5.11 Å². The van der Waals surface area contributed by atoms with Crippen LogP contribution in [0.15, 0.2) is 88.4 Å². The van der Waals surface area contributed by atoms with Crippen molar-refractivity contribution in [2.24, 2.45) is 15.9 Å². The summed E-state index contributed by atoms with van der Waals surface area (Å²) < 4.78 is 6.02. The number of fused-ring (bicyclic) bond motifs is 1. The van der Waals surface area contributed by atoms with Crippen molar-refractivity contribution in [3.63, 3.8) is 0 Å². The maximum absolute atomic E-state index is 10.5. The van der Waals surface area contributed by atoms with Crippen LogP contribution in [0.4, 0.5) is 0 Å². The first-order valence-corrected chi connectivity index (χ1v) is 10.5. The fourth-order valence-corrected chi connectivity index (χ4v) is 4.39. The lowest BCUT2D eigenvalue weighted by atomic mass is 9.68. The molecule has 5 rings (SSSR count). The largest absolute Gasteiger partial charge is 1.00 e. The molecule has 0 bridgehead atoms. The highest BCUT2D eigenvalue weighted by Gasteiger charge is 2.47. The Balaban J connectivity index is 0.00000231. The van der Waals surface area contributed by atoms with Gasteiger partial charge in [-0.05, 0) is 43.0 Å². The van der Waals surface area contributed by atoms with E-state index in [2.05, 4.69) is 29.3 Å². The molecule has 1 saturated carbocycles. The number of nitrogens with one attached hydrogen (secondary N) is 1. The predicted molar refractivity (Wildman–Crippen MR) is 117 cm³/mol. The third-order valence-corrected chi connectivity index (χ3v) is 6.24. The van der Waals surface area contributed by atoms with Gasteiger partial charge in [0, 0.05) is 5.92 Å². The summed E-state index contributed by atoms with van der Waals surface area (Å²) >= 11 is 0. The van der Waals surface area contributed by atoms with Gasteiger partial charge in [-0.3, -0.25) is 4.99 Å². The standard InChI is InChI=1S/C25H25N3O2.ClH/c1-2-25(29)14-20(15-25)23-22-16-26-11-12-28(22)24(27-23)19-9-6-10-21(13-19)30-17-18-7-4-3-5-8-18;/h3-13,16,20,29H,2,14-15,17H2,1H3;1H. The predicted octanol–water partition coefficient (Wildman–Crippen LogP) is 0.233. The lowest BCUT2D eigenvalue weighted by molar-refractivity contribution is -0.689. The van der Waals surface area contributed by atoms with Gasteiger partial charge in [-0.25, -0.2) is 4.90 Å². The minimum atomic E-state index is -0.538. The maximum atomic E-state index is 10.5. The topological polar surface area (TPSA) is 58.6 Å². The van der Waals surface area contributed by atoms with E-state index in [1.54, 1.807) is 0 Å². The maximum Gasteiger partial charge on any atom is 0.243 e. The molecule has 6 heteroatoms. The molecule has 2 aromatic carbocycles. The lowest BCUT2D eigenvalue weighted by Crippen LogP contribution is -3.08. The van der Waals surface area contributed by atoms with Crippen molar-refractivity contribution in [1.29, 1.82) is 0 Å². The van der Waals surface area contributed by atoms with Crippen LogP contribution >= 0.6 is 0 Å². The Morgan fingerprint density at radius 1 is 1.13 bits per heavy atom. The molecule has 3 aliphatic rings. The highest BCUT2D eigenvalue weighted by atomic mass is 35.5. The second-order valence-electron chi connectivity index (χ2n) is 8.25. The molecular formula is C25H26ClN3O2. The fraction of sp³-hybridized carbons (Fsp3) is 0.280. The summed E-state index contributed by atoms with van der Waals surface area (Å²) in [5.74, 6) is 2.07. The van der Waals surface area contributed by atoms with Gasteiger partial charge in [-0.15, -0.1) is 0 Å². The molecule has 0 spiro atoms. The van der Waals surface area contributed by atoms with Gasteiger partial charge in [-0.1, -0.05) is 43.3 Å². The minimum absolute atomic E-state index is 0. The first-order chi connectivity index (χ1) is 14.6. The van der Waals surface area contributed by atoms with Gasteiger partial charge >= 0.3 is 0 Å². The molecule has 1 aliphatic carbocycles. The number of ether oxygens (including phenoxy) is 1. The third kappa shape index (κ3) is 4.22. The monoisotopic (exact) mass is 435 g/mol. The van der Waals surface area contributed by atoms with Crippen molar-refractivity contribution < 1.29 is 27.2 Å². The van der Waals surface area contributed by atoms with Crippen LogP contribution < -0.4 is 22.0 Å². The summed E-state index contributed by atoms with van der Waals surface area (Å²) in [5, 5.41) is 10.5. The molecule has 0 amide bonds. The minimum Gasteiger partial charge on any atom is -1.00 e. The van der Waals surface area contributed by atoms with Crippen LogP contribution in [0, 0.1) is 5.92 Å². The van der Waals surface area contributed by atoms with Gasteiger partial charge in [0.25, 0.3) is 0 Å². The van der Waals surface area contributed by atoms with Crippen molar-refractivity contribution in [3.05, 3.63) is 89.5 Å². The molecule has 5 nitrogen and oxygen atoms in total. The number of hydrogen-bond donors (Lipinski definition) is 2. The molecule has 2 aliphatic heterocycles. The molecule has 160 valence electrons. The highest BCUT2D eigenvalue weighted by molar-refractivity contribution is 5.98. The molecule has 31 heavy (non-hydrogen) atoms. The lowest BCUT2D eigenvalue weighted by Gasteiger charge is -2.42. The molecular weight excluding hydrogens is 410 g/mol. The zero-order valence-corrected chi connectivity index (χ0v) is 18.2. The van der Waals surface area contributed by atoms with E-state index in [-0.39, 0.29) is 18.3 Å². The summed E-state index contributed by atoms with van der Waals surface area (Å²) in [4.78, 5) is 10.5. The van der Waals surface area contributed by atoms with Crippen LogP contribution in [0.2, 0.25) is 0 Å². The van der Waals surface area contributed by atoms with Crippen molar-refractivity contribution in [2.75, 3.05) is 0 Å². The van der Waals surface area contributed by atoms with Crippen LogP contribution in [0.5, 0.6) is 5.75 Å². The Hall–Kier alpha value is -2.73. The van der Waals surface area contributed by atoms with E-state index >= 15 is 0 Å². The molecule has 0 aromatic heterocycles. The van der Waals surface area contributed by atoms with Crippen molar-refractivity contribution in [1.82, 2.24) is 0 Å². The van der Waals surface area contributed by atoms with E-state index in [0.717, 1.165) is 58.3 Å². The number of hydrogen-bond acceptors (Lipinski definition) is 4. The van der Waals surface area contributed by atoms with Gasteiger partial charge in [0.15, 0.2) is 5.70 Å². The Morgan fingerprint density at radius 2 is 1.94 bits per heavy atom. The first kappa shape index (κ1) is 21.5. The fourth-order valence-electron chi connectivity index (χ4n) is 4.39. The summed E-state index contributed by atoms with van der Waals surface area (Å²) in [5.41, 5.74) is 3.78. The van der Waals surface area contributed by atoms with Crippen LogP contribution in [0.3, 0.4) is 0 Å². The van der Waals surface area contributed by atoms with Crippen LogP contribution in [0.25, 0.3) is 0 Å². The normalized spacial score (nSPS) is 26.1. The molecule has 2 heterocycles. The van der Waals surface area contributed by atoms with Crippen molar-refractivity contribution in [3.8, 4) is 5.75 Å². The molecule has 2 N–H and O–H groups in total. The second kappa shape index (κ2) is 8.79. The highest BCUT2D eigenvalue weighted by Crippen LogP contribution is 2.45. The number of amidine groups is 1. The first-order valence-electron chi connectivity index (χ1n) is 10.5. The summed E-state index contributed by atoms with van der Waals surface area (Å²) in [6.07, 6.45) is 8.07. The van der Waals surface area contributed by atoms with Gasteiger partial charge < -0.3 is 22.3 Å².